The van der Waals surface area contributed by atoms with E-state index in [1.165, 1.54) is 6.92 Å². The second-order valence-corrected chi connectivity index (χ2v) is 2.92. The van der Waals surface area contributed by atoms with E-state index >= 15 is 0 Å². The molecule has 0 N–H and O–H groups in total. The maximum Gasteiger partial charge on any atom is 0.160 e. The highest BCUT2D eigenvalue weighted by molar-refractivity contribution is 7.80. The summed E-state index contributed by atoms with van der Waals surface area (Å²) in [4.78, 5) is 11.6. The van der Waals surface area contributed by atoms with Crippen LogP contribution in [0.4, 0.5) is 0 Å². The van der Waals surface area contributed by atoms with Gasteiger partial charge in [-0.15, -0.1) is 12.6 Å². The SMILES string of the molecule is COc1ccc(C(C)=O)c(S)c1. The molecule has 0 bridgehead atoms. The number of hydrogen-bond donors (Lipinski definition) is 1. The highest BCUT2D eigenvalue weighted by Gasteiger charge is 2.04. The zero-order chi connectivity index (χ0) is 9.14. The van der Waals surface area contributed by atoms with Crippen molar-refractivity contribution in [3.05, 3.63) is 23.8 Å². The maximum atomic E-state index is 11.0. The van der Waals surface area contributed by atoms with Crippen molar-refractivity contribution in [3.8, 4) is 5.75 Å². The molecule has 3 heteroatoms. The lowest BCUT2D eigenvalue weighted by atomic mass is 10.1. The number of thiol groups is 1. The Hall–Kier alpha value is -0.960. The summed E-state index contributed by atoms with van der Waals surface area (Å²) in [6, 6.07) is 5.18. The van der Waals surface area contributed by atoms with Crippen molar-refractivity contribution in [1.29, 1.82) is 0 Å². The zero-order valence-electron chi connectivity index (χ0n) is 7.00. The van der Waals surface area contributed by atoms with E-state index in [1.54, 1.807) is 25.3 Å². The maximum absolute atomic E-state index is 11.0. The lowest BCUT2D eigenvalue weighted by molar-refractivity contribution is 0.101. The average Bonchev–Trinajstić information content (AvgIpc) is 2.03. The van der Waals surface area contributed by atoms with Gasteiger partial charge in [0.05, 0.1) is 7.11 Å². The fraction of sp³-hybridized carbons (Fsp3) is 0.222. The number of rotatable bonds is 2. The summed E-state index contributed by atoms with van der Waals surface area (Å²) in [6.07, 6.45) is 0. The van der Waals surface area contributed by atoms with Crippen molar-refractivity contribution in [2.24, 2.45) is 0 Å². The monoisotopic (exact) mass is 182 g/mol. The van der Waals surface area contributed by atoms with Crippen LogP contribution in [0.1, 0.15) is 17.3 Å². The molecule has 64 valence electrons. The van der Waals surface area contributed by atoms with Gasteiger partial charge in [0.1, 0.15) is 5.75 Å². The number of benzene rings is 1. The van der Waals surface area contributed by atoms with Crippen LogP contribution in [0.5, 0.6) is 5.75 Å². The van der Waals surface area contributed by atoms with Crippen molar-refractivity contribution in [2.75, 3.05) is 7.11 Å². The van der Waals surface area contributed by atoms with E-state index in [1.807, 2.05) is 0 Å². The Bertz CT molecular complexity index is 307. The van der Waals surface area contributed by atoms with E-state index in [0.717, 1.165) is 0 Å². The van der Waals surface area contributed by atoms with Crippen molar-refractivity contribution >= 4 is 18.4 Å². The summed E-state index contributed by atoms with van der Waals surface area (Å²) in [6.45, 7) is 1.52. The predicted molar refractivity (Wildman–Crippen MR) is 50.3 cm³/mol. The van der Waals surface area contributed by atoms with Gasteiger partial charge in [-0.3, -0.25) is 4.79 Å². The normalized spacial score (nSPS) is 9.58. The molecule has 0 fully saturated rings. The van der Waals surface area contributed by atoms with Crippen molar-refractivity contribution in [1.82, 2.24) is 0 Å². The first-order valence-corrected chi connectivity index (χ1v) is 3.98. The number of ether oxygens (including phenoxy) is 1. The molecule has 0 radical (unpaired) electrons. The standard InChI is InChI=1S/C9H10O2S/c1-6(10)8-4-3-7(11-2)5-9(8)12/h3-5,12H,1-2H3. The predicted octanol–water partition coefficient (Wildman–Crippen LogP) is 2.19. The quantitative estimate of drug-likeness (QED) is 0.560. The lowest BCUT2D eigenvalue weighted by Crippen LogP contribution is -1.94. The second kappa shape index (κ2) is 3.63. The molecule has 12 heavy (non-hydrogen) atoms. The summed E-state index contributed by atoms with van der Waals surface area (Å²) >= 11 is 4.16. The molecule has 0 aromatic heterocycles. The van der Waals surface area contributed by atoms with Crippen LogP contribution in [-0.4, -0.2) is 12.9 Å². The van der Waals surface area contributed by atoms with E-state index in [2.05, 4.69) is 12.6 Å². The molecular formula is C9H10O2S. The number of hydrogen-bond acceptors (Lipinski definition) is 3. The van der Waals surface area contributed by atoms with Crippen LogP contribution in [0.15, 0.2) is 23.1 Å². The molecule has 0 amide bonds. The molecule has 0 aliphatic carbocycles. The highest BCUT2D eigenvalue weighted by atomic mass is 32.1. The summed E-state index contributed by atoms with van der Waals surface area (Å²) in [5, 5.41) is 0. The van der Waals surface area contributed by atoms with Crippen molar-refractivity contribution in [3.63, 3.8) is 0 Å². The molecule has 1 aromatic carbocycles. The summed E-state index contributed by atoms with van der Waals surface area (Å²) < 4.78 is 4.97. The smallest absolute Gasteiger partial charge is 0.160 e. The van der Waals surface area contributed by atoms with Gasteiger partial charge in [-0.2, -0.15) is 0 Å². The largest absolute Gasteiger partial charge is 0.497 e. The Labute approximate surface area is 77.0 Å². The first-order chi connectivity index (χ1) is 5.65. The van der Waals surface area contributed by atoms with Crippen LogP contribution in [0.3, 0.4) is 0 Å². The molecule has 0 saturated carbocycles. The van der Waals surface area contributed by atoms with Crippen LogP contribution in [0.25, 0.3) is 0 Å². The molecular weight excluding hydrogens is 172 g/mol. The Balaban J connectivity index is 3.12. The first-order valence-electron chi connectivity index (χ1n) is 3.53. The van der Waals surface area contributed by atoms with E-state index in [4.69, 9.17) is 4.74 Å². The topological polar surface area (TPSA) is 26.3 Å². The molecule has 0 saturated heterocycles. The number of carbonyl (C=O) groups excluding carboxylic acids is 1. The Morgan fingerprint density at radius 1 is 1.50 bits per heavy atom. The van der Waals surface area contributed by atoms with Gasteiger partial charge in [-0.05, 0) is 25.1 Å². The molecule has 0 atom stereocenters. The Kier molecular flexibility index (Phi) is 2.76. The fourth-order valence-corrected chi connectivity index (χ4v) is 1.30. The molecule has 0 aliphatic rings. The van der Waals surface area contributed by atoms with E-state index < -0.39 is 0 Å². The Morgan fingerprint density at radius 3 is 2.58 bits per heavy atom. The van der Waals surface area contributed by atoms with Crippen LogP contribution in [0.2, 0.25) is 0 Å². The molecule has 0 heterocycles. The molecule has 1 rings (SSSR count). The van der Waals surface area contributed by atoms with Gasteiger partial charge < -0.3 is 4.74 Å². The van der Waals surface area contributed by atoms with Gasteiger partial charge in [-0.1, -0.05) is 0 Å². The van der Waals surface area contributed by atoms with Gasteiger partial charge in [0, 0.05) is 10.5 Å². The second-order valence-electron chi connectivity index (χ2n) is 2.44. The summed E-state index contributed by atoms with van der Waals surface area (Å²) in [5.74, 6) is 0.729. The third kappa shape index (κ3) is 1.80. The van der Waals surface area contributed by atoms with Gasteiger partial charge in [0.2, 0.25) is 0 Å². The number of Topliss-reactive ketones (excluding diaryl/α,β-unsaturated/α-hetero) is 1. The minimum atomic E-state index is 0.0163. The third-order valence-electron chi connectivity index (χ3n) is 1.58. The van der Waals surface area contributed by atoms with E-state index in [9.17, 15) is 4.79 Å². The minimum absolute atomic E-state index is 0.0163. The number of carbonyl (C=O) groups is 1. The molecule has 2 nitrogen and oxygen atoms in total. The third-order valence-corrected chi connectivity index (χ3v) is 1.95. The fourth-order valence-electron chi connectivity index (χ4n) is 0.936. The van der Waals surface area contributed by atoms with Gasteiger partial charge in [0.25, 0.3) is 0 Å². The van der Waals surface area contributed by atoms with E-state index in [-0.39, 0.29) is 5.78 Å². The van der Waals surface area contributed by atoms with Crippen LogP contribution in [0, 0.1) is 0 Å². The van der Waals surface area contributed by atoms with Crippen LogP contribution < -0.4 is 4.74 Å². The summed E-state index contributed by atoms with van der Waals surface area (Å²) in [5.41, 5.74) is 0.624. The molecule has 0 aliphatic heterocycles. The zero-order valence-corrected chi connectivity index (χ0v) is 7.89. The summed E-state index contributed by atoms with van der Waals surface area (Å²) in [7, 11) is 1.58. The Morgan fingerprint density at radius 2 is 2.17 bits per heavy atom. The van der Waals surface area contributed by atoms with E-state index in [0.29, 0.717) is 16.2 Å². The average molecular weight is 182 g/mol. The number of methoxy groups -OCH3 is 1. The molecule has 0 unspecified atom stereocenters. The number of ketones is 1. The first kappa shape index (κ1) is 9.13. The van der Waals surface area contributed by atoms with Crippen LogP contribution in [-0.2, 0) is 0 Å². The highest BCUT2D eigenvalue weighted by Crippen LogP contribution is 2.20. The van der Waals surface area contributed by atoms with Crippen LogP contribution >= 0.6 is 12.6 Å². The van der Waals surface area contributed by atoms with Crippen molar-refractivity contribution in [2.45, 2.75) is 11.8 Å². The minimum Gasteiger partial charge on any atom is -0.497 e. The van der Waals surface area contributed by atoms with Gasteiger partial charge >= 0.3 is 0 Å². The lowest BCUT2D eigenvalue weighted by Gasteiger charge is -2.03. The molecule has 0 spiro atoms. The van der Waals surface area contributed by atoms with Crippen molar-refractivity contribution < 1.29 is 9.53 Å². The molecule has 1 aromatic rings. The van der Waals surface area contributed by atoms with Gasteiger partial charge in [0.15, 0.2) is 5.78 Å². The van der Waals surface area contributed by atoms with Gasteiger partial charge in [-0.25, -0.2) is 0 Å².